The number of amides is 1. The van der Waals surface area contributed by atoms with Crippen LogP contribution in [0.3, 0.4) is 0 Å². The lowest BCUT2D eigenvalue weighted by atomic mass is 10.2. The molecule has 0 spiro atoms. The highest BCUT2D eigenvalue weighted by molar-refractivity contribution is 8.01. The summed E-state index contributed by atoms with van der Waals surface area (Å²) in [5, 5.41) is 15.7. The lowest BCUT2D eigenvalue weighted by Crippen LogP contribution is -2.24. The number of ether oxygens (including phenoxy) is 3. The van der Waals surface area contributed by atoms with Gasteiger partial charge in [0.15, 0.2) is 15.8 Å². The number of thioether (sulfide) groups is 1. The van der Waals surface area contributed by atoms with Crippen LogP contribution in [0.4, 0.5) is 10.8 Å². The van der Waals surface area contributed by atoms with Crippen molar-refractivity contribution >= 4 is 51.4 Å². The van der Waals surface area contributed by atoms with E-state index in [1.54, 1.807) is 33.5 Å². The Balaban J connectivity index is 1.53. The highest BCUT2D eigenvalue weighted by Gasteiger charge is 2.14. The zero-order chi connectivity index (χ0) is 23.1. The Morgan fingerprint density at radius 3 is 2.50 bits per heavy atom. The van der Waals surface area contributed by atoms with Gasteiger partial charge in [0, 0.05) is 17.3 Å². The van der Waals surface area contributed by atoms with Gasteiger partial charge in [0.25, 0.3) is 0 Å². The minimum Gasteiger partial charge on any atom is -0.493 e. The van der Waals surface area contributed by atoms with Crippen molar-refractivity contribution in [1.82, 2.24) is 15.5 Å². The second-order valence-electron chi connectivity index (χ2n) is 6.51. The third kappa shape index (κ3) is 5.96. The summed E-state index contributed by atoms with van der Waals surface area (Å²) in [6.45, 7) is 2.26. The zero-order valence-corrected chi connectivity index (χ0v) is 20.4. The SMILES string of the molecule is COc1cc(CNC(=O)CSc2nnc(Nc3cccc(Cl)c3C)s2)cc(OC)c1OC. The van der Waals surface area contributed by atoms with E-state index in [0.29, 0.717) is 38.3 Å². The monoisotopic (exact) mass is 494 g/mol. The molecule has 0 atom stereocenters. The van der Waals surface area contributed by atoms with Crippen LogP contribution >= 0.6 is 34.7 Å². The molecule has 0 bridgehead atoms. The summed E-state index contributed by atoms with van der Waals surface area (Å²) in [6, 6.07) is 9.23. The van der Waals surface area contributed by atoms with Crippen molar-refractivity contribution in [2.75, 3.05) is 32.4 Å². The number of benzene rings is 2. The first-order valence-electron chi connectivity index (χ1n) is 9.49. The van der Waals surface area contributed by atoms with Gasteiger partial charge in [-0.2, -0.15) is 0 Å². The largest absolute Gasteiger partial charge is 0.493 e. The van der Waals surface area contributed by atoms with Gasteiger partial charge in [0.2, 0.25) is 16.8 Å². The molecule has 0 aliphatic rings. The molecular formula is C21H23ClN4O4S2. The molecule has 0 saturated carbocycles. The van der Waals surface area contributed by atoms with Crippen LogP contribution in [0.2, 0.25) is 5.02 Å². The van der Waals surface area contributed by atoms with Crippen LogP contribution in [0.1, 0.15) is 11.1 Å². The van der Waals surface area contributed by atoms with Crippen molar-refractivity contribution in [3.05, 3.63) is 46.5 Å². The molecular weight excluding hydrogens is 472 g/mol. The predicted octanol–water partition coefficient (Wildman–Crippen LogP) is 4.68. The maximum atomic E-state index is 12.3. The van der Waals surface area contributed by atoms with Gasteiger partial charge < -0.3 is 24.8 Å². The Morgan fingerprint density at radius 1 is 1.12 bits per heavy atom. The van der Waals surface area contributed by atoms with E-state index in [2.05, 4.69) is 20.8 Å². The Morgan fingerprint density at radius 2 is 1.84 bits per heavy atom. The van der Waals surface area contributed by atoms with Gasteiger partial charge >= 0.3 is 0 Å². The number of halogens is 1. The summed E-state index contributed by atoms with van der Waals surface area (Å²) >= 11 is 8.84. The van der Waals surface area contributed by atoms with Crippen molar-refractivity contribution in [2.24, 2.45) is 0 Å². The number of nitrogens with one attached hydrogen (secondary N) is 2. The third-order valence-electron chi connectivity index (χ3n) is 4.46. The smallest absolute Gasteiger partial charge is 0.230 e. The highest BCUT2D eigenvalue weighted by atomic mass is 35.5. The van der Waals surface area contributed by atoms with Crippen LogP contribution in [0, 0.1) is 6.92 Å². The summed E-state index contributed by atoms with van der Waals surface area (Å²) in [6.07, 6.45) is 0. The molecule has 1 aromatic heterocycles. The fourth-order valence-electron chi connectivity index (χ4n) is 2.79. The molecule has 0 saturated heterocycles. The molecule has 0 radical (unpaired) electrons. The Bertz CT molecular complexity index is 1070. The number of anilines is 2. The number of carbonyl (C=O) groups excluding carboxylic acids is 1. The topological polar surface area (TPSA) is 94.6 Å². The molecule has 0 unspecified atom stereocenters. The average molecular weight is 495 g/mol. The average Bonchev–Trinajstić information content (AvgIpc) is 3.25. The van der Waals surface area contributed by atoms with Crippen molar-refractivity contribution in [3.8, 4) is 17.2 Å². The van der Waals surface area contributed by atoms with Gasteiger partial charge in [-0.1, -0.05) is 40.8 Å². The van der Waals surface area contributed by atoms with Gasteiger partial charge in [-0.05, 0) is 42.3 Å². The number of nitrogens with zero attached hydrogens (tertiary/aromatic N) is 2. The number of aromatic nitrogens is 2. The van der Waals surface area contributed by atoms with E-state index in [1.807, 2.05) is 25.1 Å². The molecule has 0 fully saturated rings. The summed E-state index contributed by atoms with van der Waals surface area (Å²) in [5.41, 5.74) is 2.63. The van der Waals surface area contributed by atoms with Crippen LogP contribution < -0.4 is 24.8 Å². The maximum absolute atomic E-state index is 12.3. The zero-order valence-electron chi connectivity index (χ0n) is 18.0. The molecule has 170 valence electrons. The van der Waals surface area contributed by atoms with Crippen LogP contribution in [-0.4, -0.2) is 43.2 Å². The lowest BCUT2D eigenvalue weighted by Gasteiger charge is -2.14. The first-order valence-corrected chi connectivity index (χ1v) is 11.7. The molecule has 3 aromatic rings. The molecule has 2 N–H and O–H groups in total. The first-order chi connectivity index (χ1) is 15.4. The summed E-state index contributed by atoms with van der Waals surface area (Å²) in [4.78, 5) is 12.3. The maximum Gasteiger partial charge on any atom is 0.230 e. The van der Waals surface area contributed by atoms with Crippen molar-refractivity contribution in [2.45, 2.75) is 17.8 Å². The standard InChI is InChI=1S/C21H23ClN4O4S2/c1-12-14(22)6-5-7-15(12)24-20-25-26-21(32-20)31-11-18(27)23-10-13-8-16(28-2)19(30-4)17(9-13)29-3/h5-9H,10-11H2,1-4H3,(H,23,27)(H,24,25). The van der Waals surface area contributed by atoms with E-state index in [0.717, 1.165) is 16.8 Å². The molecule has 1 amide bonds. The quantitative estimate of drug-likeness (QED) is 0.392. The highest BCUT2D eigenvalue weighted by Crippen LogP contribution is 2.38. The van der Waals surface area contributed by atoms with Gasteiger partial charge in [0.05, 0.1) is 27.1 Å². The van der Waals surface area contributed by atoms with Crippen molar-refractivity contribution < 1.29 is 19.0 Å². The Labute approximate surface area is 199 Å². The van der Waals surface area contributed by atoms with Gasteiger partial charge in [0.1, 0.15) is 0 Å². The third-order valence-corrected chi connectivity index (χ3v) is 6.84. The second kappa shape index (κ2) is 11.3. The second-order valence-corrected chi connectivity index (χ2v) is 9.12. The Hall–Kier alpha value is -2.69. The van der Waals surface area contributed by atoms with Crippen molar-refractivity contribution in [3.63, 3.8) is 0 Å². The molecule has 1 heterocycles. The molecule has 0 aliphatic heterocycles. The van der Waals surface area contributed by atoms with E-state index < -0.39 is 0 Å². The molecule has 32 heavy (non-hydrogen) atoms. The number of carbonyl (C=O) groups is 1. The van der Waals surface area contributed by atoms with E-state index in [9.17, 15) is 4.79 Å². The summed E-state index contributed by atoms with van der Waals surface area (Å²) < 4.78 is 16.7. The number of methoxy groups -OCH3 is 3. The van der Waals surface area contributed by atoms with Crippen LogP contribution in [0.25, 0.3) is 0 Å². The van der Waals surface area contributed by atoms with Gasteiger partial charge in [-0.25, -0.2) is 0 Å². The minimum absolute atomic E-state index is 0.126. The van der Waals surface area contributed by atoms with Crippen LogP contribution in [0.5, 0.6) is 17.2 Å². The van der Waals surface area contributed by atoms with E-state index >= 15 is 0 Å². The lowest BCUT2D eigenvalue weighted by molar-refractivity contribution is -0.118. The van der Waals surface area contributed by atoms with Crippen molar-refractivity contribution in [1.29, 1.82) is 0 Å². The fraction of sp³-hybridized carbons (Fsp3) is 0.286. The van der Waals surface area contributed by atoms with Crippen LogP contribution in [0.15, 0.2) is 34.7 Å². The van der Waals surface area contributed by atoms with E-state index in [1.165, 1.54) is 23.1 Å². The predicted molar refractivity (Wildman–Crippen MR) is 128 cm³/mol. The number of hydrogen-bond donors (Lipinski definition) is 2. The summed E-state index contributed by atoms with van der Waals surface area (Å²) in [7, 11) is 4.65. The minimum atomic E-state index is -0.126. The van der Waals surface area contributed by atoms with Gasteiger partial charge in [-0.3, -0.25) is 4.79 Å². The molecule has 8 nitrogen and oxygen atoms in total. The first kappa shape index (κ1) is 24.0. The Kier molecular flexibility index (Phi) is 8.43. The van der Waals surface area contributed by atoms with Gasteiger partial charge in [-0.15, -0.1) is 10.2 Å². The normalized spacial score (nSPS) is 10.5. The molecule has 3 rings (SSSR count). The number of rotatable bonds is 10. The molecule has 2 aromatic carbocycles. The van der Waals surface area contributed by atoms with Crippen LogP contribution in [-0.2, 0) is 11.3 Å². The van der Waals surface area contributed by atoms with E-state index in [-0.39, 0.29) is 11.7 Å². The summed E-state index contributed by atoms with van der Waals surface area (Å²) in [5.74, 6) is 1.67. The fourth-order valence-corrected chi connectivity index (χ4v) is 4.56. The van der Waals surface area contributed by atoms with E-state index in [4.69, 9.17) is 25.8 Å². The molecule has 0 aliphatic carbocycles. The number of hydrogen-bond acceptors (Lipinski definition) is 9. The molecule has 11 heteroatoms.